The van der Waals surface area contributed by atoms with E-state index in [0.717, 1.165) is 31.4 Å². The molecule has 2 nitrogen and oxygen atoms in total. The van der Waals surface area contributed by atoms with Crippen LogP contribution in [0.5, 0.6) is 0 Å². The average molecular weight is 166 g/mol. The Morgan fingerprint density at radius 1 is 1.42 bits per heavy atom. The topological polar surface area (TPSA) is 26.3 Å². The molecule has 1 heterocycles. The molecule has 1 atom stereocenters. The number of rotatable bonds is 1. The summed E-state index contributed by atoms with van der Waals surface area (Å²) >= 11 is 0. The van der Waals surface area contributed by atoms with Crippen LogP contribution in [0.25, 0.3) is 0 Å². The Balaban J connectivity index is 2.02. The Hall–Kier alpha value is -0.630. The summed E-state index contributed by atoms with van der Waals surface area (Å²) in [6.45, 7) is 0.829. The SMILES string of the molecule is O=C1CCC=C1C1CCCCO1. The Morgan fingerprint density at radius 2 is 2.33 bits per heavy atom. The van der Waals surface area contributed by atoms with Crippen molar-refractivity contribution in [3.05, 3.63) is 11.6 Å². The van der Waals surface area contributed by atoms with Crippen LogP contribution in [-0.4, -0.2) is 18.5 Å². The second-order valence-electron chi connectivity index (χ2n) is 3.48. The van der Waals surface area contributed by atoms with E-state index in [-0.39, 0.29) is 6.10 Å². The number of allylic oxidation sites excluding steroid dienone is 1. The van der Waals surface area contributed by atoms with Gasteiger partial charge in [0.15, 0.2) is 5.78 Å². The molecule has 2 rings (SSSR count). The van der Waals surface area contributed by atoms with Gasteiger partial charge in [0.2, 0.25) is 0 Å². The number of Topliss-reactive ketones (excluding diaryl/α,β-unsaturated/α-hetero) is 1. The molecule has 0 aromatic carbocycles. The third-order valence-electron chi connectivity index (χ3n) is 2.58. The lowest BCUT2D eigenvalue weighted by atomic mass is 10.0. The zero-order chi connectivity index (χ0) is 8.39. The molecule has 0 bridgehead atoms. The van der Waals surface area contributed by atoms with Gasteiger partial charge in [-0.3, -0.25) is 4.79 Å². The molecule has 1 aliphatic carbocycles. The summed E-state index contributed by atoms with van der Waals surface area (Å²) in [6, 6.07) is 0. The normalized spacial score (nSPS) is 30.5. The molecule has 1 unspecified atom stereocenters. The summed E-state index contributed by atoms with van der Waals surface area (Å²) < 4.78 is 5.54. The van der Waals surface area contributed by atoms with Gasteiger partial charge in [0, 0.05) is 18.6 Å². The molecular formula is C10H14O2. The Labute approximate surface area is 72.6 Å². The fourth-order valence-corrected chi connectivity index (χ4v) is 1.91. The first-order valence-corrected chi connectivity index (χ1v) is 4.73. The van der Waals surface area contributed by atoms with Gasteiger partial charge in [-0.05, 0) is 25.7 Å². The lowest BCUT2D eigenvalue weighted by molar-refractivity contribution is -0.116. The third kappa shape index (κ3) is 1.44. The second-order valence-corrected chi connectivity index (χ2v) is 3.48. The van der Waals surface area contributed by atoms with Crippen LogP contribution < -0.4 is 0 Å². The smallest absolute Gasteiger partial charge is 0.161 e. The van der Waals surface area contributed by atoms with E-state index in [1.54, 1.807) is 0 Å². The van der Waals surface area contributed by atoms with E-state index in [1.807, 2.05) is 0 Å². The highest BCUT2D eigenvalue weighted by Gasteiger charge is 2.25. The lowest BCUT2D eigenvalue weighted by Gasteiger charge is -2.22. The van der Waals surface area contributed by atoms with Crippen LogP contribution in [0.2, 0.25) is 0 Å². The molecule has 2 aliphatic rings. The monoisotopic (exact) mass is 166 g/mol. The van der Waals surface area contributed by atoms with Crippen LogP contribution in [0.15, 0.2) is 11.6 Å². The first-order valence-electron chi connectivity index (χ1n) is 4.73. The number of hydrogen-bond acceptors (Lipinski definition) is 2. The van der Waals surface area contributed by atoms with Crippen molar-refractivity contribution in [3.63, 3.8) is 0 Å². The maximum Gasteiger partial charge on any atom is 0.161 e. The standard InChI is InChI=1S/C10H14O2/c11-9-5-3-4-8(9)10-6-1-2-7-12-10/h4,10H,1-3,5-7H2. The molecule has 0 spiro atoms. The van der Waals surface area contributed by atoms with E-state index in [1.165, 1.54) is 6.42 Å². The summed E-state index contributed by atoms with van der Waals surface area (Å²) in [5, 5.41) is 0. The highest BCUT2D eigenvalue weighted by molar-refractivity contribution is 5.98. The molecule has 1 saturated heterocycles. The van der Waals surface area contributed by atoms with Gasteiger partial charge in [0.25, 0.3) is 0 Å². The summed E-state index contributed by atoms with van der Waals surface area (Å²) in [6.07, 6.45) is 7.21. The van der Waals surface area contributed by atoms with E-state index in [2.05, 4.69) is 6.08 Å². The van der Waals surface area contributed by atoms with Gasteiger partial charge in [-0.25, -0.2) is 0 Å². The highest BCUT2D eigenvalue weighted by atomic mass is 16.5. The van der Waals surface area contributed by atoms with Crippen molar-refractivity contribution in [1.29, 1.82) is 0 Å². The van der Waals surface area contributed by atoms with Crippen molar-refractivity contribution in [3.8, 4) is 0 Å². The average Bonchev–Trinajstić information content (AvgIpc) is 2.53. The molecule has 0 N–H and O–H groups in total. The largest absolute Gasteiger partial charge is 0.373 e. The minimum Gasteiger partial charge on any atom is -0.373 e. The molecule has 1 aliphatic heterocycles. The van der Waals surface area contributed by atoms with E-state index in [9.17, 15) is 4.79 Å². The quantitative estimate of drug-likeness (QED) is 0.594. The molecule has 0 amide bonds. The third-order valence-corrected chi connectivity index (χ3v) is 2.58. The van der Waals surface area contributed by atoms with Crippen molar-refractivity contribution < 1.29 is 9.53 Å². The first kappa shape index (κ1) is 7.99. The summed E-state index contributed by atoms with van der Waals surface area (Å²) in [4.78, 5) is 11.3. The van der Waals surface area contributed by atoms with Gasteiger partial charge in [-0.1, -0.05) is 6.08 Å². The van der Waals surface area contributed by atoms with Gasteiger partial charge in [0.1, 0.15) is 0 Å². The Morgan fingerprint density at radius 3 is 2.92 bits per heavy atom. The molecule has 12 heavy (non-hydrogen) atoms. The van der Waals surface area contributed by atoms with Crippen LogP contribution >= 0.6 is 0 Å². The molecule has 1 fully saturated rings. The first-order chi connectivity index (χ1) is 5.88. The fourth-order valence-electron chi connectivity index (χ4n) is 1.91. The van der Waals surface area contributed by atoms with Crippen LogP contribution in [-0.2, 0) is 9.53 Å². The molecular weight excluding hydrogens is 152 g/mol. The number of ketones is 1. The van der Waals surface area contributed by atoms with Gasteiger partial charge < -0.3 is 4.74 Å². The summed E-state index contributed by atoms with van der Waals surface area (Å²) in [7, 11) is 0. The Bertz CT molecular complexity index is 212. The van der Waals surface area contributed by atoms with E-state index >= 15 is 0 Å². The minimum absolute atomic E-state index is 0.133. The highest BCUT2D eigenvalue weighted by Crippen LogP contribution is 2.25. The summed E-state index contributed by atoms with van der Waals surface area (Å²) in [5.74, 6) is 0.307. The van der Waals surface area contributed by atoms with Gasteiger partial charge >= 0.3 is 0 Å². The van der Waals surface area contributed by atoms with Crippen molar-refractivity contribution in [1.82, 2.24) is 0 Å². The van der Waals surface area contributed by atoms with Gasteiger partial charge in [-0.2, -0.15) is 0 Å². The molecule has 0 aromatic heterocycles. The van der Waals surface area contributed by atoms with E-state index in [4.69, 9.17) is 4.74 Å². The molecule has 0 saturated carbocycles. The Kier molecular flexibility index (Phi) is 2.26. The van der Waals surface area contributed by atoms with Gasteiger partial charge in [-0.15, -0.1) is 0 Å². The maximum atomic E-state index is 11.3. The fraction of sp³-hybridized carbons (Fsp3) is 0.700. The van der Waals surface area contributed by atoms with Gasteiger partial charge in [0.05, 0.1) is 6.10 Å². The minimum atomic E-state index is 0.133. The van der Waals surface area contributed by atoms with Crippen LogP contribution in [0.1, 0.15) is 32.1 Å². The zero-order valence-electron chi connectivity index (χ0n) is 7.21. The van der Waals surface area contributed by atoms with Crippen molar-refractivity contribution in [2.24, 2.45) is 0 Å². The predicted molar refractivity (Wildman–Crippen MR) is 45.9 cm³/mol. The number of carbonyl (C=O) groups excluding carboxylic acids is 1. The molecule has 66 valence electrons. The molecule has 2 heteroatoms. The van der Waals surface area contributed by atoms with E-state index < -0.39 is 0 Å². The number of carbonyl (C=O) groups is 1. The van der Waals surface area contributed by atoms with Crippen molar-refractivity contribution in [2.45, 2.75) is 38.2 Å². The van der Waals surface area contributed by atoms with Crippen molar-refractivity contribution in [2.75, 3.05) is 6.61 Å². The van der Waals surface area contributed by atoms with Crippen LogP contribution in [0.4, 0.5) is 0 Å². The van der Waals surface area contributed by atoms with E-state index in [0.29, 0.717) is 12.2 Å². The van der Waals surface area contributed by atoms with Crippen LogP contribution in [0, 0.1) is 0 Å². The summed E-state index contributed by atoms with van der Waals surface area (Å²) in [5.41, 5.74) is 0.953. The lowest BCUT2D eigenvalue weighted by Crippen LogP contribution is -2.23. The predicted octanol–water partition coefficient (Wildman–Crippen LogP) is 1.84. The number of hydrogen-bond donors (Lipinski definition) is 0. The maximum absolute atomic E-state index is 11.3. The zero-order valence-corrected chi connectivity index (χ0v) is 7.21. The second kappa shape index (κ2) is 3.40. The molecule has 0 radical (unpaired) electrons. The molecule has 0 aromatic rings. The number of ether oxygens (including phenoxy) is 1. The van der Waals surface area contributed by atoms with Crippen molar-refractivity contribution >= 4 is 5.78 Å². The van der Waals surface area contributed by atoms with Crippen LogP contribution in [0.3, 0.4) is 0 Å².